The van der Waals surface area contributed by atoms with Gasteiger partial charge >= 0.3 is 0 Å². The minimum Gasteiger partial charge on any atom is -0.504 e. The minimum absolute atomic E-state index is 0.160. The first-order chi connectivity index (χ1) is 11.3. The van der Waals surface area contributed by atoms with E-state index in [0.29, 0.717) is 11.5 Å². The van der Waals surface area contributed by atoms with Crippen LogP contribution in [0.15, 0.2) is 72.8 Å². The first-order valence-electron chi connectivity index (χ1n) is 7.92. The Morgan fingerprint density at radius 3 is 2.13 bits per heavy atom. The Kier molecular flexibility index (Phi) is 4.62. The molecule has 0 aliphatic carbocycles. The summed E-state index contributed by atoms with van der Waals surface area (Å²) in [6.45, 7) is 2.15. The summed E-state index contributed by atoms with van der Waals surface area (Å²) in [6, 6.07) is 23.4. The Hall–Kier alpha value is -2.74. The van der Waals surface area contributed by atoms with Crippen LogP contribution in [0.1, 0.15) is 18.9 Å². The van der Waals surface area contributed by atoms with Crippen molar-refractivity contribution in [1.82, 2.24) is 0 Å². The molecule has 0 amide bonds. The maximum atomic E-state index is 10.4. The average Bonchev–Trinajstić information content (AvgIpc) is 2.60. The molecule has 0 aliphatic heterocycles. The van der Waals surface area contributed by atoms with Gasteiger partial charge in [-0.2, -0.15) is 0 Å². The second-order valence-corrected chi connectivity index (χ2v) is 5.48. The summed E-state index contributed by atoms with van der Waals surface area (Å²) in [7, 11) is 0. The Morgan fingerprint density at radius 1 is 0.826 bits per heavy atom. The maximum absolute atomic E-state index is 10.4. The second-order valence-electron chi connectivity index (χ2n) is 5.48. The zero-order valence-electron chi connectivity index (χ0n) is 13.2. The van der Waals surface area contributed by atoms with Gasteiger partial charge in [0.25, 0.3) is 0 Å². The first-order valence-corrected chi connectivity index (χ1v) is 7.92. The van der Waals surface area contributed by atoms with E-state index in [4.69, 9.17) is 4.74 Å². The highest BCUT2D eigenvalue weighted by Crippen LogP contribution is 2.42. The van der Waals surface area contributed by atoms with Crippen LogP contribution in [0, 0.1) is 0 Å². The van der Waals surface area contributed by atoms with E-state index in [1.165, 1.54) is 5.56 Å². The van der Waals surface area contributed by atoms with Gasteiger partial charge in [-0.3, -0.25) is 0 Å². The molecular formula is C21H20O2. The fourth-order valence-electron chi connectivity index (χ4n) is 2.72. The van der Waals surface area contributed by atoms with Gasteiger partial charge in [0, 0.05) is 5.56 Å². The smallest absolute Gasteiger partial charge is 0.177 e. The van der Waals surface area contributed by atoms with Crippen molar-refractivity contribution in [3.63, 3.8) is 0 Å². The number of ether oxygens (including phenoxy) is 1. The van der Waals surface area contributed by atoms with Crippen LogP contribution < -0.4 is 4.74 Å². The van der Waals surface area contributed by atoms with Gasteiger partial charge in [0.15, 0.2) is 11.5 Å². The van der Waals surface area contributed by atoms with Crippen LogP contribution in [-0.2, 0) is 6.42 Å². The van der Waals surface area contributed by atoms with Gasteiger partial charge in [-0.25, -0.2) is 0 Å². The van der Waals surface area contributed by atoms with E-state index in [1.54, 1.807) is 6.07 Å². The molecule has 3 aromatic rings. The normalized spacial score (nSPS) is 10.5. The zero-order valence-corrected chi connectivity index (χ0v) is 13.2. The lowest BCUT2D eigenvalue weighted by Crippen LogP contribution is -1.95. The van der Waals surface area contributed by atoms with E-state index in [9.17, 15) is 5.11 Å². The standard InChI is InChI=1S/C21H20O2/c1-2-9-16-14-15-19(22)21(23-18-12-7-4-8-13-18)20(16)17-10-5-3-6-11-17/h3-8,10-15,22H,2,9H2,1H3. The Bertz CT molecular complexity index is 765. The molecule has 0 radical (unpaired) electrons. The SMILES string of the molecule is CCCc1ccc(O)c(Oc2ccccc2)c1-c1ccccc1. The predicted molar refractivity (Wildman–Crippen MR) is 94.1 cm³/mol. The van der Waals surface area contributed by atoms with Crippen molar-refractivity contribution in [2.24, 2.45) is 0 Å². The van der Waals surface area contributed by atoms with Crippen LogP contribution in [0.3, 0.4) is 0 Å². The van der Waals surface area contributed by atoms with E-state index in [1.807, 2.05) is 66.7 Å². The molecule has 1 N–H and O–H groups in total. The highest BCUT2D eigenvalue weighted by molar-refractivity contribution is 5.77. The van der Waals surface area contributed by atoms with E-state index in [2.05, 4.69) is 6.92 Å². The summed E-state index contributed by atoms with van der Waals surface area (Å²) < 4.78 is 6.03. The second kappa shape index (κ2) is 7.01. The van der Waals surface area contributed by atoms with Crippen molar-refractivity contribution >= 4 is 0 Å². The van der Waals surface area contributed by atoms with Crippen molar-refractivity contribution in [2.75, 3.05) is 0 Å². The number of aromatic hydroxyl groups is 1. The lowest BCUT2D eigenvalue weighted by molar-refractivity contribution is 0.412. The molecule has 0 saturated carbocycles. The molecule has 3 aromatic carbocycles. The van der Waals surface area contributed by atoms with Crippen molar-refractivity contribution in [3.05, 3.63) is 78.4 Å². The molecule has 23 heavy (non-hydrogen) atoms. The van der Waals surface area contributed by atoms with Crippen LogP contribution in [0.4, 0.5) is 0 Å². The van der Waals surface area contributed by atoms with Crippen LogP contribution in [0.5, 0.6) is 17.2 Å². The minimum atomic E-state index is 0.160. The number of hydrogen-bond acceptors (Lipinski definition) is 2. The summed E-state index contributed by atoms with van der Waals surface area (Å²) in [6.07, 6.45) is 1.98. The Morgan fingerprint density at radius 2 is 1.48 bits per heavy atom. The largest absolute Gasteiger partial charge is 0.504 e. The molecule has 0 atom stereocenters. The van der Waals surface area contributed by atoms with Crippen LogP contribution in [0.25, 0.3) is 11.1 Å². The number of rotatable bonds is 5. The highest BCUT2D eigenvalue weighted by atomic mass is 16.5. The van der Waals surface area contributed by atoms with Gasteiger partial charge in [-0.15, -0.1) is 0 Å². The number of phenols is 1. The molecule has 116 valence electrons. The molecule has 0 aliphatic rings. The number of benzene rings is 3. The number of para-hydroxylation sites is 1. The quantitative estimate of drug-likeness (QED) is 0.645. The molecule has 2 heteroatoms. The predicted octanol–water partition coefficient (Wildman–Crippen LogP) is 5.80. The van der Waals surface area contributed by atoms with Gasteiger partial charge in [0.05, 0.1) is 0 Å². The highest BCUT2D eigenvalue weighted by Gasteiger charge is 2.16. The third kappa shape index (κ3) is 3.37. The van der Waals surface area contributed by atoms with Crippen LogP contribution in [0.2, 0.25) is 0 Å². The lowest BCUT2D eigenvalue weighted by Gasteiger charge is -2.17. The van der Waals surface area contributed by atoms with Gasteiger partial charge in [0.1, 0.15) is 5.75 Å². The first kappa shape index (κ1) is 15.2. The lowest BCUT2D eigenvalue weighted by atomic mass is 9.95. The summed E-state index contributed by atoms with van der Waals surface area (Å²) in [5, 5.41) is 10.4. The van der Waals surface area contributed by atoms with E-state index >= 15 is 0 Å². The van der Waals surface area contributed by atoms with E-state index in [-0.39, 0.29) is 5.75 Å². The molecule has 0 unspecified atom stereocenters. The van der Waals surface area contributed by atoms with Gasteiger partial charge in [-0.1, -0.05) is 67.9 Å². The van der Waals surface area contributed by atoms with E-state index in [0.717, 1.165) is 24.0 Å². The fraction of sp³-hybridized carbons (Fsp3) is 0.143. The number of hydrogen-bond donors (Lipinski definition) is 1. The van der Waals surface area contributed by atoms with Gasteiger partial charge in [0.2, 0.25) is 0 Å². The number of aryl methyl sites for hydroxylation is 1. The monoisotopic (exact) mass is 304 g/mol. The van der Waals surface area contributed by atoms with Crippen LogP contribution in [-0.4, -0.2) is 5.11 Å². The molecular weight excluding hydrogens is 284 g/mol. The molecule has 0 saturated heterocycles. The number of phenolic OH excluding ortho intramolecular Hbond substituents is 1. The fourth-order valence-corrected chi connectivity index (χ4v) is 2.72. The summed E-state index contributed by atoms with van der Waals surface area (Å²) in [5.74, 6) is 1.40. The summed E-state index contributed by atoms with van der Waals surface area (Å²) in [5.41, 5.74) is 3.21. The molecule has 0 bridgehead atoms. The van der Waals surface area contributed by atoms with Gasteiger partial charge < -0.3 is 9.84 Å². The maximum Gasteiger partial charge on any atom is 0.177 e. The molecule has 0 fully saturated rings. The topological polar surface area (TPSA) is 29.5 Å². The molecule has 0 aromatic heterocycles. The molecule has 2 nitrogen and oxygen atoms in total. The zero-order chi connectivity index (χ0) is 16.1. The third-order valence-electron chi connectivity index (χ3n) is 3.77. The molecule has 0 spiro atoms. The third-order valence-corrected chi connectivity index (χ3v) is 3.77. The molecule has 0 heterocycles. The summed E-state index contributed by atoms with van der Waals surface area (Å²) in [4.78, 5) is 0. The molecule has 3 rings (SSSR count). The van der Waals surface area contributed by atoms with Crippen molar-refractivity contribution < 1.29 is 9.84 Å². The van der Waals surface area contributed by atoms with Gasteiger partial charge in [-0.05, 0) is 35.7 Å². The van der Waals surface area contributed by atoms with Crippen molar-refractivity contribution in [2.45, 2.75) is 19.8 Å². The Balaban J connectivity index is 2.15. The summed E-state index contributed by atoms with van der Waals surface area (Å²) >= 11 is 0. The van der Waals surface area contributed by atoms with Crippen molar-refractivity contribution in [3.8, 4) is 28.4 Å². The average molecular weight is 304 g/mol. The van der Waals surface area contributed by atoms with E-state index < -0.39 is 0 Å². The van der Waals surface area contributed by atoms with Crippen molar-refractivity contribution in [1.29, 1.82) is 0 Å². The van der Waals surface area contributed by atoms with Crippen LogP contribution >= 0.6 is 0 Å². The Labute approximate surface area is 137 Å².